The molecule has 0 radical (unpaired) electrons. The molecule has 11 heteroatoms. The molecule has 0 spiro atoms. The predicted octanol–water partition coefficient (Wildman–Crippen LogP) is 4.40. The van der Waals surface area contributed by atoms with Crippen LogP contribution in [0, 0.1) is 0 Å². The van der Waals surface area contributed by atoms with Crippen molar-refractivity contribution in [1.82, 2.24) is 9.88 Å². The summed E-state index contributed by atoms with van der Waals surface area (Å²) in [6.07, 6.45) is -4.59. The summed E-state index contributed by atoms with van der Waals surface area (Å²) in [4.78, 5) is 33.8. The Morgan fingerprint density at radius 2 is 1.89 bits per heavy atom. The molecule has 1 fully saturated rings. The lowest BCUT2D eigenvalue weighted by Gasteiger charge is -2.29. The summed E-state index contributed by atoms with van der Waals surface area (Å²) < 4.78 is 51.6. The molecule has 1 aliphatic heterocycles. The van der Waals surface area contributed by atoms with Gasteiger partial charge in [0.25, 0.3) is 5.91 Å². The molecule has 1 amide bonds. The molecular weight excluding hydrogens is 483 g/mol. The second-order valence-electron chi connectivity index (χ2n) is 8.04. The quantitative estimate of drug-likeness (QED) is 0.376. The van der Waals surface area contributed by atoms with Gasteiger partial charge in [-0.2, -0.15) is 13.2 Å². The molecule has 0 bridgehead atoms. The van der Waals surface area contributed by atoms with Gasteiger partial charge >= 0.3 is 11.8 Å². The fourth-order valence-electron chi connectivity index (χ4n) is 3.99. The van der Waals surface area contributed by atoms with Crippen LogP contribution in [0.3, 0.4) is 0 Å². The van der Waals surface area contributed by atoms with Crippen LogP contribution in [-0.2, 0) is 10.9 Å². The highest BCUT2D eigenvalue weighted by molar-refractivity contribution is 7.22. The number of amides is 1. The van der Waals surface area contributed by atoms with Gasteiger partial charge in [-0.3, -0.25) is 14.6 Å². The molecule has 7 nitrogen and oxygen atoms in total. The van der Waals surface area contributed by atoms with E-state index in [2.05, 4.69) is 9.88 Å². The normalized spacial score (nSPS) is 15.1. The molecule has 4 aromatic rings. The van der Waals surface area contributed by atoms with E-state index < -0.39 is 23.3 Å². The molecule has 0 aliphatic carbocycles. The maximum Gasteiger partial charge on any atom is 0.418 e. The summed E-state index contributed by atoms with van der Waals surface area (Å²) in [5.74, 6) is -0.676. The number of thiazole rings is 1. The number of fused-ring (bicyclic) bond motifs is 2. The number of morpholine rings is 1. The van der Waals surface area contributed by atoms with Gasteiger partial charge < -0.3 is 9.15 Å². The smallest absolute Gasteiger partial charge is 0.418 e. The molecule has 2 aromatic heterocycles. The van der Waals surface area contributed by atoms with Gasteiger partial charge in [0, 0.05) is 31.6 Å². The third-order valence-electron chi connectivity index (χ3n) is 5.80. The lowest BCUT2D eigenvalue weighted by atomic mass is 10.1. The van der Waals surface area contributed by atoms with E-state index in [1.165, 1.54) is 23.1 Å². The number of anilines is 1. The van der Waals surface area contributed by atoms with Crippen molar-refractivity contribution in [3.8, 4) is 0 Å². The van der Waals surface area contributed by atoms with E-state index in [4.69, 9.17) is 9.15 Å². The first-order valence-electron chi connectivity index (χ1n) is 10.9. The summed E-state index contributed by atoms with van der Waals surface area (Å²) in [5, 5.41) is 0.648. The number of alkyl halides is 3. The standard InChI is InChI=1S/C24H20F3N3O4S/c25-24(26,27)17-5-3-7-19-20(17)28-23(35-19)30(9-8-29-10-12-33-13-11-29)21(31)16-14-15-4-1-2-6-18(15)34-22(16)32/h1-7,14H,8-13H2. The second-order valence-corrected chi connectivity index (χ2v) is 9.05. The first-order chi connectivity index (χ1) is 16.8. The minimum Gasteiger partial charge on any atom is -0.422 e. The highest BCUT2D eigenvalue weighted by Crippen LogP contribution is 2.38. The van der Waals surface area contributed by atoms with Crippen molar-refractivity contribution >= 4 is 43.6 Å². The van der Waals surface area contributed by atoms with Crippen molar-refractivity contribution in [2.24, 2.45) is 0 Å². The average molecular weight is 504 g/mol. The summed E-state index contributed by atoms with van der Waals surface area (Å²) in [6.45, 7) is 3.01. The molecule has 0 unspecified atom stereocenters. The Morgan fingerprint density at radius 3 is 2.66 bits per heavy atom. The van der Waals surface area contributed by atoms with Crippen molar-refractivity contribution < 1.29 is 27.1 Å². The van der Waals surface area contributed by atoms with E-state index in [1.54, 1.807) is 24.3 Å². The molecule has 0 N–H and O–H groups in total. The zero-order valence-corrected chi connectivity index (χ0v) is 19.2. The monoisotopic (exact) mass is 503 g/mol. The van der Waals surface area contributed by atoms with Crippen molar-refractivity contribution in [2.75, 3.05) is 44.3 Å². The van der Waals surface area contributed by atoms with Gasteiger partial charge in [0.15, 0.2) is 5.13 Å². The number of hydrogen-bond acceptors (Lipinski definition) is 7. The summed E-state index contributed by atoms with van der Waals surface area (Å²) in [7, 11) is 0. The molecule has 35 heavy (non-hydrogen) atoms. The van der Waals surface area contributed by atoms with Crippen molar-refractivity contribution in [1.29, 1.82) is 0 Å². The number of halogens is 3. The average Bonchev–Trinajstić information content (AvgIpc) is 3.27. The van der Waals surface area contributed by atoms with E-state index in [9.17, 15) is 22.8 Å². The first-order valence-corrected chi connectivity index (χ1v) is 11.7. The molecule has 0 saturated carbocycles. The Balaban J connectivity index is 1.56. The van der Waals surface area contributed by atoms with Gasteiger partial charge in [-0.25, -0.2) is 9.78 Å². The molecule has 182 valence electrons. The number of carbonyl (C=O) groups excluding carboxylic acids is 1. The fourth-order valence-corrected chi connectivity index (χ4v) is 5.00. The lowest BCUT2D eigenvalue weighted by molar-refractivity contribution is -0.136. The first kappa shape index (κ1) is 23.5. The van der Waals surface area contributed by atoms with Gasteiger partial charge in [0.1, 0.15) is 11.1 Å². The Labute approximate surface area is 201 Å². The summed E-state index contributed by atoms with van der Waals surface area (Å²) in [6, 6.07) is 12.0. The minimum atomic E-state index is -4.59. The van der Waals surface area contributed by atoms with Crippen LogP contribution >= 0.6 is 11.3 Å². The number of benzene rings is 2. The Hall–Kier alpha value is -3.28. The zero-order chi connectivity index (χ0) is 24.6. The lowest BCUT2D eigenvalue weighted by Crippen LogP contribution is -2.44. The SMILES string of the molecule is O=C(c1cc2ccccc2oc1=O)N(CCN1CCOCC1)c1nc2c(C(F)(F)F)cccc2s1. The Bertz CT molecular complexity index is 1440. The highest BCUT2D eigenvalue weighted by atomic mass is 32.1. The van der Waals surface area contributed by atoms with Crippen LogP contribution in [0.4, 0.5) is 18.3 Å². The number of para-hydroxylation sites is 2. The molecule has 1 aliphatic rings. The maximum absolute atomic E-state index is 13.6. The molecule has 2 aromatic carbocycles. The van der Waals surface area contributed by atoms with E-state index >= 15 is 0 Å². The fraction of sp³-hybridized carbons (Fsp3) is 0.292. The van der Waals surface area contributed by atoms with Gasteiger partial charge in [-0.1, -0.05) is 35.6 Å². The number of hydrogen-bond donors (Lipinski definition) is 0. The van der Waals surface area contributed by atoms with E-state index in [1.807, 2.05) is 0 Å². The van der Waals surface area contributed by atoms with Gasteiger partial charge in [-0.05, 0) is 24.3 Å². The number of rotatable bonds is 5. The van der Waals surface area contributed by atoms with Crippen LogP contribution < -0.4 is 10.5 Å². The van der Waals surface area contributed by atoms with E-state index in [0.717, 1.165) is 17.4 Å². The van der Waals surface area contributed by atoms with Gasteiger partial charge in [0.2, 0.25) is 0 Å². The van der Waals surface area contributed by atoms with Crippen LogP contribution in [0.15, 0.2) is 57.7 Å². The molecule has 3 heterocycles. The van der Waals surface area contributed by atoms with E-state index in [0.29, 0.717) is 48.5 Å². The Kier molecular flexibility index (Phi) is 6.30. The molecular formula is C24H20F3N3O4S. The number of aromatic nitrogens is 1. The number of carbonyl (C=O) groups is 1. The Morgan fingerprint density at radius 1 is 1.11 bits per heavy atom. The molecule has 0 atom stereocenters. The van der Waals surface area contributed by atoms with Crippen LogP contribution in [0.2, 0.25) is 0 Å². The second kappa shape index (κ2) is 9.40. The zero-order valence-electron chi connectivity index (χ0n) is 18.4. The van der Waals surface area contributed by atoms with Crippen LogP contribution in [0.5, 0.6) is 0 Å². The van der Waals surface area contributed by atoms with Crippen molar-refractivity contribution in [3.05, 3.63) is 70.1 Å². The van der Waals surface area contributed by atoms with Crippen LogP contribution in [-0.4, -0.2) is 55.2 Å². The van der Waals surface area contributed by atoms with Gasteiger partial charge in [-0.15, -0.1) is 0 Å². The van der Waals surface area contributed by atoms with Crippen LogP contribution in [0.1, 0.15) is 15.9 Å². The molecule has 5 rings (SSSR count). The summed E-state index contributed by atoms with van der Waals surface area (Å²) in [5.41, 5.74) is -1.79. The van der Waals surface area contributed by atoms with E-state index in [-0.39, 0.29) is 22.8 Å². The largest absolute Gasteiger partial charge is 0.422 e. The topological polar surface area (TPSA) is 75.9 Å². The summed E-state index contributed by atoms with van der Waals surface area (Å²) >= 11 is 0.973. The predicted molar refractivity (Wildman–Crippen MR) is 126 cm³/mol. The third kappa shape index (κ3) is 4.79. The van der Waals surface area contributed by atoms with Crippen molar-refractivity contribution in [2.45, 2.75) is 6.18 Å². The molecule has 1 saturated heterocycles. The number of nitrogens with zero attached hydrogens (tertiary/aromatic N) is 3. The van der Waals surface area contributed by atoms with Gasteiger partial charge in [0.05, 0.1) is 29.0 Å². The van der Waals surface area contributed by atoms with Crippen molar-refractivity contribution in [3.63, 3.8) is 0 Å². The highest BCUT2D eigenvalue weighted by Gasteiger charge is 2.34. The maximum atomic E-state index is 13.6. The minimum absolute atomic E-state index is 0.0857. The third-order valence-corrected chi connectivity index (χ3v) is 6.85. The number of ether oxygens (including phenoxy) is 1. The van der Waals surface area contributed by atoms with Crippen LogP contribution in [0.25, 0.3) is 21.2 Å².